The average Bonchev–Trinajstić information content (AvgIpc) is 2.76. The van der Waals surface area contributed by atoms with E-state index in [0.29, 0.717) is 11.4 Å². The van der Waals surface area contributed by atoms with Gasteiger partial charge in [-0.25, -0.2) is 21.1 Å². The van der Waals surface area contributed by atoms with Crippen LogP contribution in [0.4, 0.5) is 11.4 Å². The van der Waals surface area contributed by atoms with Crippen LogP contribution in [0.2, 0.25) is 0 Å². The van der Waals surface area contributed by atoms with Crippen molar-refractivity contribution < 1.29 is 21.6 Å². The van der Waals surface area contributed by atoms with Gasteiger partial charge in [-0.3, -0.25) is 9.52 Å². The van der Waals surface area contributed by atoms with E-state index in [2.05, 4.69) is 10.0 Å². The molecule has 174 valence electrons. The predicted molar refractivity (Wildman–Crippen MR) is 128 cm³/mol. The zero-order valence-corrected chi connectivity index (χ0v) is 20.3. The number of hydrogen-bond acceptors (Lipinski definition) is 5. The number of hydrogen-bond donors (Lipinski definition) is 2. The fourth-order valence-electron chi connectivity index (χ4n) is 2.95. The minimum absolute atomic E-state index is 0.0105. The van der Waals surface area contributed by atoms with Gasteiger partial charge in [0.2, 0.25) is 10.0 Å². The number of amides is 1. The van der Waals surface area contributed by atoms with E-state index >= 15 is 0 Å². The van der Waals surface area contributed by atoms with Gasteiger partial charge < -0.3 is 5.32 Å². The van der Waals surface area contributed by atoms with E-state index in [1.54, 1.807) is 18.2 Å². The number of carbonyl (C=O) groups is 1. The molecule has 3 aromatic carbocycles. The molecule has 2 N–H and O–H groups in total. The Morgan fingerprint density at radius 2 is 1.42 bits per heavy atom. The highest BCUT2D eigenvalue weighted by molar-refractivity contribution is 7.92. The van der Waals surface area contributed by atoms with Crippen molar-refractivity contribution >= 4 is 37.3 Å². The Kier molecular flexibility index (Phi) is 6.92. The highest BCUT2D eigenvalue weighted by Crippen LogP contribution is 2.21. The molecule has 3 aromatic rings. The summed E-state index contributed by atoms with van der Waals surface area (Å²) in [6.07, 6.45) is 0. The second-order valence-electron chi connectivity index (χ2n) is 7.70. The van der Waals surface area contributed by atoms with Crippen LogP contribution in [0.5, 0.6) is 0 Å². The van der Waals surface area contributed by atoms with Crippen LogP contribution in [0.3, 0.4) is 0 Å². The van der Waals surface area contributed by atoms with Crippen LogP contribution in [0.25, 0.3) is 0 Å². The molecule has 0 aliphatic heterocycles. The first-order chi connectivity index (χ1) is 15.4. The van der Waals surface area contributed by atoms with Gasteiger partial charge in [-0.15, -0.1) is 0 Å². The lowest BCUT2D eigenvalue weighted by Gasteiger charge is -2.13. The summed E-state index contributed by atoms with van der Waals surface area (Å²) in [5.41, 5.74) is 2.99. The second-order valence-corrected chi connectivity index (χ2v) is 11.5. The fraction of sp³-hybridized carbons (Fsp3) is 0.174. The maximum Gasteiger partial charge on any atom is 0.261 e. The van der Waals surface area contributed by atoms with Crippen molar-refractivity contribution in [1.29, 1.82) is 0 Å². The molecular formula is C23H25N3O5S2. The number of rotatable bonds is 7. The number of carbonyl (C=O) groups excluding carboxylic acids is 1. The van der Waals surface area contributed by atoms with Crippen LogP contribution in [0.15, 0.2) is 76.5 Å². The van der Waals surface area contributed by atoms with E-state index in [1.165, 1.54) is 56.6 Å². The third-order valence-corrected chi connectivity index (χ3v) is 8.26. The molecule has 0 saturated heterocycles. The molecule has 3 rings (SSSR count). The Bertz CT molecular complexity index is 1400. The molecule has 0 unspecified atom stereocenters. The monoisotopic (exact) mass is 487 g/mol. The average molecular weight is 488 g/mol. The summed E-state index contributed by atoms with van der Waals surface area (Å²) in [5, 5.41) is 2.63. The third-order valence-electron chi connectivity index (χ3n) is 5.06. The minimum Gasteiger partial charge on any atom is -0.322 e. The Morgan fingerprint density at radius 3 is 2.03 bits per heavy atom. The molecule has 0 aliphatic rings. The number of benzene rings is 3. The van der Waals surface area contributed by atoms with Crippen LogP contribution in [0.1, 0.15) is 21.5 Å². The molecule has 10 heteroatoms. The lowest BCUT2D eigenvalue weighted by molar-refractivity contribution is 0.102. The number of anilines is 2. The van der Waals surface area contributed by atoms with Gasteiger partial charge in [0.05, 0.1) is 9.79 Å². The Balaban J connectivity index is 1.76. The topological polar surface area (TPSA) is 113 Å². The quantitative estimate of drug-likeness (QED) is 0.529. The van der Waals surface area contributed by atoms with Gasteiger partial charge in [0, 0.05) is 31.0 Å². The van der Waals surface area contributed by atoms with Crippen LogP contribution in [-0.2, 0) is 20.0 Å². The van der Waals surface area contributed by atoms with Gasteiger partial charge in [0.25, 0.3) is 15.9 Å². The Morgan fingerprint density at radius 1 is 0.758 bits per heavy atom. The predicted octanol–water partition coefficient (Wildman–Crippen LogP) is 3.61. The van der Waals surface area contributed by atoms with Gasteiger partial charge in [0.1, 0.15) is 0 Å². The summed E-state index contributed by atoms with van der Waals surface area (Å²) < 4.78 is 53.6. The standard InChI is InChI=1S/C23H25N3O5S2/c1-16-8-11-20(14-17(16)2)25-32(28,29)21-12-9-18(10-13-21)23(27)24-19-6-5-7-22(15-19)33(30,31)26(3)4/h5-15,25H,1-4H3,(H,24,27). The molecule has 0 saturated carbocycles. The Labute approximate surface area is 194 Å². The van der Waals surface area contributed by atoms with Gasteiger partial charge in [-0.05, 0) is 79.6 Å². The molecule has 0 bridgehead atoms. The smallest absolute Gasteiger partial charge is 0.261 e. The summed E-state index contributed by atoms with van der Waals surface area (Å²) in [6.45, 7) is 3.83. The normalized spacial score (nSPS) is 11.9. The van der Waals surface area contributed by atoms with E-state index in [9.17, 15) is 21.6 Å². The molecule has 0 fully saturated rings. The van der Waals surface area contributed by atoms with Crippen LogP contribution in [0, 0.1) is 13.8 Å². The first kappa shape index (κ1) is 24.4. The largest absolute Gasteiger partial charge is 0.322 e. The van der Waals surface area contributed by atoms with Crippen LogP contribution >= 0.6 is 0 Å². The highest BCUT2D eigenvalue weighted by atomic mass is 32.2. The molecular weight excluding hydrogens is 462 g/mol. The van der Waals surface area contributed by atoms with Crippen LogP contribution < -0.4 is 10.0 Å². The van der Waals surface area contributed by atoms with Crippen molar-refractivity contribution in [1.82, 2.24) is 4.31 Å². The van der Waals surface area contributed by atoms with E-state index in [1.807, 2.05) is 19.9 Å². The molecule has 0 aromatic heterocycles. The Hall–Kier alpha value is -3.21. The molecule has 0 radical (unpaired) electrons. The van der Waals surface area contributed by atoms with Gasteiger partial charge >= 0.3 is 0 Å². The van der Waals surface area contributed by atoms with Crippen molar-refractivity contribution in [2.75, 3.05) is 24.1 Å². The first-order valence-corrected chi connectivity index (χ1v) is 12.9. The maximum atomic E-state index is 12.7. The summed E-state index contributed by atoms with van der Waals surface area (Å²) in [7, 11) is -4.63. The highest BCUT2D eigenvalue weighted by Gasteiger charge is 2.19. The fourth-order valence-corrected chi connectivity index (χ4v) is 4.95. The number of nitrogens with zero attached hydrogens (tertiary/aromatic N) is 1. The van der Waals surface area contributed by atoms with E-state index in [-0.39, 0.29) is 15.4 Å². The van der Waals surface area contributed by atoms with E-state index in [4.69, 9.17) is 0 Å². The lowest BCUT2D eigenvalue weighted by Crippen LogP contribution is -2.22. The summed E-state index contributed by atoms with van der Waals surface area (Å²) in [6, 6.07) is 16.6. The third kappa shape index (κ3) is 5.59. The minimum atomic E-state index is -3.83. The van der Waals surface area contributed by atoms with Gasteiger partial charge in [-0.1, -0.05) is 12.1 Å². The van der Waals surface area contributed by atoms with Crippen LogP contribution in [-0.4, -0.2) is 41.1 Å². The zero-order chi connectivity index (χ0) is 24.4. The van der Waals surface area contributed by atoms with Gasteiger partial charge in [0.15, 0.2) is 0 Å². The maximum absolute atomic E-state index is 12.7. The molecule has 0 aliphatic carbocycles. The summed E-state index contributed by atoms with van der Waals surface area (Å²) >= 11 is 0. The molecule has 33 heavy (non-hydrogen) atoms. The molecule has 1 amide bonds. The van der Waals surface area contributed by atoms with Crippen molar-refractivity contribution in [2.24, 2.45) is 0 Å². The molecule has 8 nitrogen and oxygen atoms in total. The number of nitrogens with one attached hydrogen (secondary N) is 2. The lowest BCUT2D eigenvalue weighted by atomic mass is 10.1. The zero-order valence-electron chi connectivity index (χ0n) is 18.7. The van der Waals surface area contributed by atoms with Crippen molar-refractivity contribution in [3.8, 4) is 0 Å². The summed E-state index contributed by atoms with van der Waals surface area (Å²) in [4.78, 5) is 12.7. The van der Waals surface area contributed by atoms with E-state index in [0.717, 1.165) is 15.4 Å². The number of sulfonamides is 2. The summed E-state index contributed by atoms with van der Waals surface area (Å²) in [5.74, 6) is -0.500. The molecule has 0 spiro atoms. The number of aryl methyl sites for hydroxylation is 2. The second kappa shape index (κ2) is 9.34. The van der Waals surface area contributed by atoms with E-state index < -0.39 is 26.0 Å². The van der Waals surface area contributed by atoms with Crippen molar-refractivity contribution in [3.05, 3.63) is 83.4 Å². The molecule has 0 heterocycles. The first-order valence-electron chi connectivity index (χ1n) is 9.94. The van der Waals surface area contributed by atoms with Crippen molar-refractivity contribution in [2.45, 2.75) is 23.6 Å². The molecule has 0 atom stereocenters. The van der Waals surface area contributed by atoms with Gasteiger partial charge in [-0.2, -0.15) is 0 Å². The van der Waals surface area contributed by atoms with Crippen molar-refractivity contribution in [3.63, 3.8) is 0 Å². The SMILES string of the molecule is Cc1ccc(NS(=O)(=O)c2ccc(C(=O)Nc3cccc(S(=O)(=O)N(C)C)c3)cc2)cc1C.